The first-order valence-corrected chi connectivity index (χ1v) is 8.67. The van der Waals surface area contributed by atoms with E-state index in [0.29, 0.717) is 5.82 Å². The molecule has 0 spiro atoms. The van der Waals surface area contributed by atoms with Gasteiger partial charge >= 0.3 is 0 Å². The van der Waals surface area contributed by atoms with Crippen LogP contribution in [0.1, 0.15) is 39.5 Å². The molecule has 2 aromatic rings. The van der Waals surface area contributed by atoms with Crippen molar-refractivity contribution in [3.05, 3.63) is 30.3 Å². The summed E-state index contributed by atoms with van der Waals surface area (Å²) >= 11 is 0. The molecule has 5 nitrogen and oxygen atoms in total. The van der Waals surface area contributed by atoms with Gasteiger partial charge in [0.15, 0.2) is 0 Å². The second-order valence-corrected chi connectivity index (χ2v) is 6.62. The predicted molar refractivity (Wildman–Crippen MR) is 94.1 cm³/mol. The minimum atomic E-state index is 0.707. The zero-order chi connectivity index (χ0) is 16.5. The Balaban J connectivity index is 1.63. The van der Waals surface area contributed by atoms with Crippen molar-refractivity contribution in [2.75, 3.05) is 20.1 Å². The second kappa shape index (κ2) is 9.40. The summed E-state index contributed by atoms with van der Waals surface area (Å²) in [6.07, 6.45) is 4.81. The van der Waals surface area contributed by atoms with Crippen LogP contribution in [-0.4, -0.2) is 45.2 Å². The molecule has 1 aromatic carbocycles. The summed E-state index contributed by atoms with van der Waals surface area (Å²) in [7, 11) is 2.22. The Bertz CT molecular complexity index is 550. The molecule has 0 unspecified atom stereocenters. The van der Waals surface area contributed by atoms with E-state index in [-0.39, 0.29) is 0 Å². The molecule has 0 bridgehead atoms. The maximum absolute atomic E-state index is 4.45. The lowest BCUT2D eigenvalue weighted by Gasteiger charge is -2.17. The van der Waals surface area contributed by atoms with Crippen LogP contribution in [0.5, 0.6) is 0 Å². The minimum Gasteiger partial charge on any atom is -0.306 e. The van der Waals surface area contributed by atoms with Crippen molar-refractivity contribution in [3.63, 3.8) is 0 Å². The van der Waals surface area contributed by atoms with Crippen LogP contribution in [0.3, 0.4) is 0 Å². The van der Waals surface area contributed by atoms with Crippen LogP contribution in [0.15, 0.2) is 30.3 Å². The van der Waals surface area contributed by atoms with E-state index in [1.54, 1.807) is 4.80 Å². The molecule has 1 heterocycles. The molecule has 0 saturated heterocycles. The average molecular weight is 315 g/mol. The smallest absolute Gasteiger partial charge is 0.204 e. The molecule has 0 aliphatic carbocycles. The number of hydrogen-bond acceptors (Lipinski definition) is 4. The maximum Gasteiger partial charge on any atom is 0.204 e. The number of aromatic nitrogens is 4. The van der Waals surface area contributed by atoms with E-state index >= 15 is 0 Å². The standard InChI is InChI=1S/C18H29N5/c1-16(2)12-15-22(3)13-8-5-9-14-23-20-18(19-21-23)17-10-6-4-7-11-17/h4,6-7,10-11,16H,5,8-9,12-15H2,1-3H3. The third kappa shape index (κ3) is 6.48. The SMILES string of the molecule is CC(C)CCN(C)CCCCCn1nnc(-c2ccccc2)n1. The highest BCUT2D eigenvalue weighted by Crippen LogP contribution is 2.12. The summed E-state index contributed by atoms with van der Waals surface area (Å²) in [6, 6.07) is 9.99. The van der Waals surface area contributed by atoms with Gasteiger partial charge in [0.2, 0.25) is 5.82 Å². The summed E-state index contributed by atoms with van der Waals surface area (Å²) in [5, 5.41) is 12.7. The van der Waals surface area contributed by atoms with Gasteiger partial charge in [-0.05, 0) is 50.5 Å². The van der Waals surface area contributed by atoms with E-state index in [0.717, 1.165) is 24.4 Å². The second-order valence-electron chi connectivity index (χ2n) is 6.62. The van der Waals surface area contributed by atoms with E-state index in [2.05, 4.69) is 41.2 Å². The Morgan fingerprint density at radius 3 is 2.57 bits per heavy atom. The highest BCUT2D eigenvalue weighted by Gasteiger charge is 2.05. The molecular weight excluding hydrogens is 286 g/mol. The number of tetrazole rings is 1. The molecule has 5 heteroatoms. The normalized spacial score (nSPS) is 11.5. The van der Waals surface area contributed by atoms with Crippen LogP contribution < -0.4 is 0 Å². The fourth-order valence-electron chi connectivity index (χ4n) is 2.44. The van der Waals surface area contributed by atoms with Crippen LogP contribution in [0.25, 0.3) is 11.4 Å². The topological polar surface area (TPSA) is 46.8 Å². The van der Waals surface area contributed by atoms with Crippen LogP contribution in [-0.2, 0) is 6.54 Å². The van der Waals surface area contributed by atoms with Gasteiger partial charge in [-0.2, -0.15) is 4.80 Å². The first kappa shape index (κ1) is 17.6. The van der Waals surface area contributed by atoms with Crippen molar-refractivity contribution in [2.24, 2.45) is 5.92 Å². The zero-order valence-corrected chi connectivity index (χ0v) is 14.6. The number of hydrogen-bond donors (Lipinski definition) is 0. The van der Waals surface area contributed by atoms with Gasteiger partial charge in [-0.1, -0.05) is 50.6 Å². The monoisotopic (exact) mass is 315 g/mol. The van der Waals surface area contributed by atoms with Gasteiger partial charge in [-0.15, -0.1) is 10.2 Å². The van der Waals surface area contributed by atoms with Gasteiger partial charge < -0.3 is 4.90 Å². The number of benzene rings is 1. The zero-order valence-electron chi connectivity index (χ0n) is 14.6. The Morgan fingerprint density at radius 2 is 1.83 bits per heavy atom. The van der Waals surface area contributed by atoms with Crippen molar-refractivity contribution in [1.29, 1.82) is 0 Å². The van der Waals surface area contributed by atoms with Crippen molar-refractivity contribution >= 4 is 0 Å². The van der Waals surface area contributed by atoms with Crippen molar-refractivity contribution in [2.45, 2.75) is 46.1 Å². The number of aryl methyl sites for hydroxylation is 1. The van der Waals surface area contributed by atoms with E-state index < -0.39 is 0 Å². The Morgan fingerprint density at radius 1 is 1.04 bits per heavy atom. The lowest BCUT2D eigenvalue weighted by atomic mass is 10.1. The molecule has 23 heavy (non-hydrogen) atoms. The molecule has 0 atom stereocenters. The minimum absolute atomic E-state index is 0.707. The molecule has 0 amide bonds. The van der Waals surface area contributed by atoms with Gasteiger partial charge in [0.25, 0.3) is 0 Å². The Kier molecular flexibility index (Phi) is 7.20. The van der Waals surface area contributed by atoms with Crippen molar-refractivity contribution < 1.29 is 0 Å². The molecule has 0 fully saturated rings. The molecule has 1 aromatic heterocycles. The van der Waals surface area contributed by atoms with Gasteiger partial charge in [0.05, 0.1) is 6.54 Å². The predicted octanol–water partition coefficient (Wildman–Crippen LogP) is 3.49. The molecule has 0 aliphatic heterocycles. The third-order valence-electron chi connectivity index (χ3n) is 3.97. The number of rotatable bonds is 10. The molecular formula is C18H29N5. The summed E-state index contributed by atoms with van der Waals surface area (Å²) in [5.74, 6) is 1.49. The van der Waals surface area contributed by atoms with Gasteiger partial charge in [0, 0.05) is 5.56 Å². The van der Waals surface area contributed by atoms with Gasteiger partial charge in [0.1, 0.15) is 0 Å². The Hall–Kier alpha value is -1.75. The highest BCUT2D eigenvalue weighted by atomic mass is 15.6. The maximum atomic E-state index is 4.45. The number of nitrogens with zero attached hydrogens (tertiary/aromatic N) is 5. The first-order valence-electron chi connectivity index (χ1n) is 8.67. The van der Waals surface area contributed by atoms with Crippen molar-refractivity contribution in [3.8, 4) is 11.4 Å². The average Bonchev–Trinajstić information content (AvgIpc) is 3.02. The first-order chi connectivity index (χ1) is 11.1. The molecule has 0 N–H and O–H groups in total. The quantitative estimate of drug-likeness (QED) is 0.630. The van der Waals surface area contributed by atoms with Gasteiger partial charge in [-0.25, -0.2) is 0 Å². The molecule has 126 valence electrons. The Labute approximate surface area is 139 Å². The van der Waals surface area contributed by atoms with E-state index in [9.17, 15) is 0 Å². The van der Waals surface area contributed by atoms with Crippen LogP contribution in [0, 0.1) is 5.92 Å². The lowest BCUT2D eigenvalue weighted by molar-refractivity contribution is 0.301. The summed E-state index contributed by atoms with van der Waals surface area (Å²) in [5.41, 5.74) is 1.02. The van der Waals surface area contributed by atoms with E-state index in [1.807, 2.05) is 30.3 Å². The molecule has 0 saturated carbocycles. The van der Waals surface area contributed by atoms with Crippen LogP contribution in [0.2, 0.25) is 0 Å². The van der Waals surface area contributed by atoms with Gasteiger partial charge in [-0.3, -0.25) is 0 Å². The van der Waals surface area contributed by atoms with E-state index in [4.69, 9.17) is 0 Å². The van der Waals surface area contributed by atoms with Crippen LogP contribution >= 0.6 is 0 Å². The summed E-state index contributed by atoms with van der Waals surface area (Å²) in [4.78, 5) is 4.14. The van der Waals surface area contributed by atoms with Crippen molar-refractivity contribution in [1.82, 2.24) is 25.1 Å². The summed E-state index contributed by atoms with van der Waals surface area (Å²) < 4.78 is 0. The fraction of sp³-hybridized carbons (Fsp3) is 0.611. The fourth-order valence-corrected chi connectivity index (χ4v) is 2.44. The lowest BCUT2D eigenvalue weighted by Crippen LogP contribution is -2.22. The largest absolute Gasteiger partial charge is 0.306 e. The third-order valence-corrected chi connectivity index (χ3v) is 3.97. The van der Waals surface area contributed by atoms with E-state index in [1.165, 1.54) is 32.4 Å². The number of unbranched alkanes of at least 4 members (excludes halogenated alkanes) is 2. The molecule has 0 aliphatic rings. The van der Waals surface area contributed by atoms with Crippen LogP contribution in [0.4, 0.5) is 0 Å². The highest BCUT2D eigenvalue weighted by molar-refractivity contribution is 5.52. The summed E-state index contributed by atoms with van der Waals surface area (Å²) in [6.45, 7) is 7.77. The molecule has 2 rings (SSSR count). The molecule has 0 radical (unpaired) electrons.